The zero-order valence-electron chi connectivity index (χ0n) is 10.6. The first-order valence-electron chi connectivity index (χ1n) is 5.90. The van der Waals surface area contributed by atoms with Gasteiger partial charge in [-0.15, -0.1) is 0 Å². The third-order valence-electron chi connectivity index (χ3n) is 3.20. The summed E-state index contributed by atoms with van der Waals surface area (Å²) in [5, 5.41) is 2.32. The van der Waals surface area contributed by atoms with Gasteiger partial charge in [0.1, 0.15) is 0 Å². The molecule has 1 amide bonds. The van der Waals surface area contributed by atoms with Gasteiger partial charge in [-0.3, -0.25) is 4.79 Å². The molecule has 0 aromatic heterocycles. The first-order valence-corrected chi connectivity index (χ1v) is 5.90. The zero-order valence-corrected chi connectivity index (χ0v) is 10.6. The normalized spacial score (nSPS) is 20.7. The van der Waals surface area contributed by atoms with E-state index in [-0.39, 0.29) is 11.8 Å². The zero-order chi connectivity index (χ0) is 13.8. The summed E-state index contributed by atoms with van der Waals surface area (Å²) in [5.41, 5.74) is 0. The first-order chi connectivity index (χ1) is 8.34. The number of hydrogen-bond acceptors (Lipinski definition) is 3. The molecule has 18 heavy (non-hydrogen) atoms. The van der Waals surface area contributed by atoms with E-state index in [1.807, 2.05) is 7.05 Å². The minimum atomic E-state index is -4.45. The second-order valence-corrected chi connectivity index (χ2v) is 4.59. The third kappa shape index (κ3) is 4.45. The van der Waals surface area contributed by atoms with Crippen molar-refractivity contribution in [3.8, 4) is 0 Å². The van der Waals surface area contributed by atoms with Crippen LogP contribution < -0.4 is 5.32 Å². The van der Waals surface area contributed by atoms with Gasteiger partial charge < -0.3 is 15.0 Å². The van der Waals surface area contributed by atoms with Gasteiger partial charge in [-0.1, -0.05) is 0 Å². The smallest absolute Gasteiger partial charge is 0.370 e. The number of hydrogen-bond donors (Lipinski definition) is 1. The maximum atomic E-state index is 12.4. The monoisotopic (exact) mass is 268 g/mol. The van der Waals surface area contributed by atoms with Crippen molar-refractivity contribution < 1.29 is 22.7 Å². The van der Waals surface area contributed by atoms with Crippen LogP contribution >= 0.6 is 0 Å². The molecule has 0 bridgehead atoms. The Bertz CT molecular complexity index is 276. The third-order valence-corrected chi connectivity index (χ3v) is 3.20. The van der Waals surface area contributed by atoms with Crippen molar-refractivity contribution in [3.63, 3.8) is 0 Å². The van der Waals surface area contributed by atoms with E-state index in [4.69, 9.17) is 0 Å². The van der Waals surface area contributed by atoms with Gasteiger partial charge in [-0.05, 0) is 33.0 Å². The van der Waals surface area contributed by atoms with Gasteiger partial charge in [0.2, 0.25) is 5.91 Å². The van der Waals surface area contributed by atoms with Crippen LogP contribution in [0.5, 0.6) is 0 Å². The number of alkyl halides is 3. The summed E-state index contributed by atoms with van der Waals surface area (Å²) >= 11 is 0. The van der Waals surface area contributed by atoms with E-state index >= 15 is 0 Å². The highest BCUT2D eigenvalue weighted by atomic mass is 19.4. The number of ether oxygens (including phenoxy) is 1. The topological polar surface area (TPSA) is 41.6 Å². The number of nitrogens with zero attached hydrogens (tertiary/aromatic N) is 1. The van der Waals surface area contributed by atoms with Crippen LogP contribution in [0.2, 0.25) is 0 Å². The van der Waals surface area contributed by atoms with Crippen LogP contribution in [-0.4, -0.2) is 56.9 Å². The molecule has 106 valence electrons. The lowest BCUT2D eigenvalue weighted by atomic mass is 9.96. The van der Waals surface area contributed by atoms with Crippen LogP contribution in [0.25, 0.3) is 0 Å². The summed E-state index contributed by atoms with van der Waals surface area (Å²) < 4.78 is 41.5. The highest BCUT2D eigenvalue weighted by Crippen LogP contribution is 2.22. The first kappa shape index (κ1) is 15.2. The average Bonchev–Trinajstić information content (AvgIpc) is 2.28. The molecule has 1 aliphatic rings. The summed E-state index contributed by atoms with van der Waals surface area (Å²) in [7, 11) is 2.94. The number of likely N-dealkylation sites (tertiary alicyclic amines) is 1. The molecular weight excluding hydrogens is 249 g/mol. The molecule has 1 saturated heterocycles. The highest BCUT2D eigenvalue weighted by molar-refractivity contribution is 5.78. The van der Waals surface area contributed by atoms with Crippen LogP contribution in [0.4, 0.5) is 13.2 Å². The van der Waals surface area contributed by atoms with E-state index in [1.165, 1.54) is 0 Å². The number of amides is 1. The van der Waals surface area contributed by atoms with E-state index in [0.717, 1.165) is 20.2 Å². The molecule has 4 nitrogen and oxygen atoms in total. The lowest BCUT2D eigenvalue weighted by Crippen LogP contribution is -2.45. The lowest BCUT2D eigenvalue weighted by Gasteiger charge is -2.28. The van der Waals surface area contributed by atoms with Crippen LogP contribution in [0.1, 0.15) is 12.8 Å². The maximum Gasteiger partial charge on any atom is 0.416 e. The second kappa shape index (κ2) is 6.38. The van der Waals surface area contributed by atoms with Crippen molar-refractivity contribution >= 4 is 5.91 Å². The molecule has 1 fully saturated rings. The Morgan fingerprint density at radius 2 is 2.00 bits per heavy atom. The van der Waals surface area contributed by atoms with Crippen LogP contribution in [0.15, 0.2) is 0 Å². The molecule has 0 aliphatic carbocycles. The number of rotatable bonds is 4. The lowest BCUT2D eigenvalue weighted by molar-refractivity contribution is -0.210. The molecule has 1 heterocycles. The van der Waals surface area contributed by atoms with Gasteiger partial charge in [-0.25, -0.2) is 0 Å². The van der Waals surface area contributed by atoms with Crippen molar-refractivity contribution in [2.75, 3.05) is 33.8 Å². The molecule has 0 saturated carbocycles. The van der Waals surface area contributed by atoms with Crippen molar-refractivity contribution in [1.82, 2.24) is 10.2 Å². The number of halogens is 3. The predicted octanol–water partition coefficient (Wildman–Crippen LogP) is 1.02. The number of nitrogens with one attached hydrogen (secondary N) is 1. The fourth-order valence-electron chi connectivity index (χ4n) is 1.94. The van der Waals surface area contributed by atoms with E-state index in [1.54, 1.807) is 0 Å². The van der Waals surface area contributed by atoms with Gasteiger partial charge in [0.25, 0.3) is 0 Å². The summed E-state index contributed by atoms with van der Waals surface area (Å²) in [6.45, 7) is 1.07. The van der Waals surface area contributed by atoms with Gasteiger partial charge in [0.05, 0.1) is 6.54 Å². The molecule has 0 aromatic carbocycles. The summed E-state index contributed by atoms with van der Waals surface area (Å²) in [6, 6.07) is 0. The quantitative estimate of drug-likeness (QED) is 0.827. The van der Waals surface area contributed by atoms with Crippen molar-refractivity contribution in [2.45, 2.75) is 25.1 Å². The molecular formula is C11H19F3N2O2. The molecule has 1 unspecified atom stereocenters. The van der Waals surface area contributed by atoms with Gasteiger partial charge in [0, 0.05) is 13.0 Å². The number of carbonyl (C=O) groups is 1. The summed E-state index contributed by atoms with van der Waals surface area (Å²) in [6.07, 6.45) is -5.01. The van der Waals surface area contributed by atoms with Crippen LogP contribution in [0.3, 0.4) is 0 Å². The molecule has 7 heteroatoms. The Morgan fingerprint density at radius 3 is 2.44 bits per heavy atom. The number of methoxy groups -OCH3 is 1. The largest absolute Gasteiger partial charge is 0.416 e. The fourth-order valence-corrected chi connectivity index (χ4v) is 1.94. The van der Waals surface area contributed by atoms with E-state index in [9.17, 15) is 18.0 Å². The van der Waals surface area contributed by atoms with E-state index < -0.39 is 18.8 Å². The SMILES string of the molecule is COC(CNC(=O)C1CCN(C)CC1)C(F)(F)F. The molecule has 1 aliphatic heterocycles. The average molecular weight is 268 g/mol. The van der Waals surface area contributed by atoms with Crippen molar-refractivity contribution in [3.05, 3.63) is 0 Å². The van der Waals surface area contributed by atoms with Crippen molar-refractivity contribution in [2.24, 2.45) is 5.92 Å². The Hall–Kier alpha value is -0.820. The number of carbonyl (C=O) groups excluding carboxylic acids is 1. The molecule has 1 atom stereocenters. The molecule has 1 N–H and O–H groups in total. The van der Waals surface area contributed by atoms with E-state index in [0.29, 0.717) is 12.8 Å². The van der Waals surface area contributed by atoms with Gasteiger partial charge >= 0.3 is 6.18 Å². The predicted molar refractivity (Wildman–Crippen MR) is 60.1 cm³/mol. The molecule has 1 rings (SSSR count). The van der Waals surface area contributed by atoms with Crippen LogP contribution in [0, 0.1) is 5.92 Å². The Morgan fingerprint density at radius 1 is 1.44 bits per heavy atom. The van der Waals surface area contributed by atoms with Crippen LogP contribution in [-0.2, 0) is 9.53 Å². The molecule has 0 spiro atoms. The minimum absolute atomic E-state index is 0.188. The maximum absolute atomic E-state index is 12.4. The number of piperidine rings is 1. The van der Waals surface area contributed by atoms with E-state index in [2.05, 4.69) is 15.0 Å². The fraction of sp³-hybridized carbons (Fsp3) is 0.909. The molecule has 0 aromatic rings. The van der Waals surface area contributed by atoms with Gasteiger partial charge in [-0.2, -0.15) is 13.2 Å². The highest BCUT2D eigenvalue weighted by Gasteiger charge is 2.40. The standard InChI is InChI=1S/C11H19F3N2O2/c1-16-5-3-8(4-6-16)10(17)15-7-9(18-2)11(12,13)14/h8-9H,3-7H2,1-2H3,(H,15,17). The Balaban J connectivity index is 2.36. The Labute approximate surface area is 104 Å². The van der Waals surface area contributed by atoms with Crippen molar-refractivity contribution in [1.29, 1.82) is 0 Å². The van der Waals surface area contributed by atoms with Gasteiger partial charge in [0.15, 0.2) is 6.10 Å². The summed E-state index contributed by atoms with van der Waals surface area (Å²) in [5.74, 6) is -0.499. The summed E-state index contributed by atoms with van der Waals surface area (Å²) in [4.78, 5) is 13.8. The molecule has 0 radical (unpaired) electrons. The second-order valence-electron chi connectivity index (χ2n) is 4.59. The Kier molecular flexibility index (Phi) is 5.40. The minimum Gasteiger partial charge on any atom is -0.370 e.